The number of anilines is 1. The van der Waals surface area contributed by atoms with Crippen LogP contribution in [0.4, 0.5) is 5.69 Å². The molecule has 0 aliphatic heterocycles. The van der Waals surface area contributed by atoms with Crippen molar-refractivity contribution in [2.45, 2.75) is 6.92 Å². The number of hydrogen-bond donors (Lipinski definition) is 3. The van der Waals surface area contributed by atoms with Crippen LogP contribution in [0.3, 0.4) is 0 Å². The second-order valence-corrected chi connectivity index (χ2v) is 4.99. The molecule has 0 atom stereocenters. The molecule has 0 heterocycles. The van der Waals surface area contributed by atoms with E-state index in [1.807, 2.05) is 12.1 Å². The Bertz CT molecular complexity index is 474. The summed E-state index contributed by atoms with van der Waals surface area (Å²) in [5.74, 6) is -1.02. The average Bonchev–Trinajstić information content (AvgIpc) is 2.36. The number of nitrogens with one attached hydrogen (secondary N) is 3. The van der Waals surface area contributed by atoms with E-state index in [4.69, 9.17) is 0 Å². The van der Waals surface area contributed by atoms with E-state index in [2.05, 4.69) is 38.5 Å². The molecule has 1 aromatic rings. The monoisotopic (exact) mass is 375 g/mol. The Kier molecular flexibility index (Phi) is 6.26. The molecule has 19 heavy (non-hydrogen) atoms. The fourth-order valence-electron chi connectivity index (χ4n) is 1.18. The summed E-state index contributed by atoms with van der Waals surface area (Å²) in [6.45, 7) is 1.05. The lowest BCUT2D eigenvalue weighted by atomic mass is 10.3. The fourth-order valence-corrected chi connectivity index (χ4v) is 1.54. The van der Waals surface area contributed by atoms with Crippen molar-refractivity contribution < 1.29 is 14.4 Å². The van der Waals surface area contributed by atoms with Crippen LogP contribution in [-0.2, 0) is 14.4 Å². The van der Waals surface area contributed by atoms with Gasteiger partial charge in [-0.05, 0) is 46.9 Å². The van der Waals surface area contributed by atoms with Gasteiger partial charge in [0.2, 0.25) is 17.7 Å². The minimum absolute atomic E-state index is 0.133. The van der Waals surface area contributed by atoms with Gasteiger partial charge in [-0.1, -0.05) is 0 Å². The second kappa shape index (κ2) is 7.72. The van der Waals surface area contributed by atoms with Gasteiger partial charge in [0.1, 0.15) is 0 Å². The summed E-state index contributed by atoms with van der Waals surface area (Å²) < 4.78 is 1.07. The number of carbonyl (C=O) groups is 3. The number of hydrogen-bond acceptors (Lipinski definition) is 3. The highest BCUT2D eigenvalue weighted by molar-refractivity contribution is 14.1. The van der Waals surface area contributed by atoms with E-state index in [0.29, 0.717) is 5.69 Å². The van der Waals surface area contributed by atoms with Gasteiger partial charge in [-0.25, -0.2) is 0 Å². The van der Waals surface area contributed by atoms with Gasteiger partial charge in [-0.15, -0.1) is 0 Å². The molecule has 0 unspecified atom stereocenters. The molecule has 0 fully saturated rings. The number of benzene rings is 1. The molecule has 3 N–H and O–H groups in total. The lowest BCUT2D eigenvalue weighted by Gasteiger charge is -2.07. The van der Waals surface area contributed by atoms with Crippen LogP contribution in [0.2, 0.25) is 0 Å². The molecule has 0 radical (unpaired) electrons. The van der Waals surface area contributed by atoms with Crippen molar-refractivity contribution in [3.8, 4) is 0 Å². The van der Waals surface area contributed by atoms with Crippen LogP contribution in [0.5, 0.6) is 0 Å². The molecule has 0 bridgehead atoms. The van der Waals surface area contributed by atoms with Crippen LogP contribution in [0.1, 0.15) is 6.92 Å². The Morgan fingerprint density at radius 1 is 1.00 bits per heavy atom. The highest BCUT2D eigenvalue weighted by atomic mass is 127. The molecular formula is C12H14IN3O3. The van der Waals surface area contributed by atoms with Crippen molar-refractivity contribution in [2.75, 3.05) is 18.4 Å². The first-order chi connectivity index (χ1) is 8.97. The van der Waals surface area contributed by atoms with E-state index in [1.165, 1.54) is 6.92 Å². The summed E-state index contributed by atoms with van der Waals surface area (Å²) in [4.78, 5) is 33.4. The summed E-state index contributed by atoms with van der Waals surface area (Å²) in [7, 11) is 0. The van der Waals surface area contributed by atoms with Crippen LogP contribution in [0, 0.1) is 3.57 Å². The summed E-state index contributed by atoms with van der Waals surface area (Å²) in [5, 5.41) is 7.39. The van der Waals surface area contributed by atoms with E-state index >= 15 is 0 Å². The van der Waals surface area contributed by atoms with Gasteiger partial charge >= 0.3 is 0 Å². The van der Waals surface area contributed by atoms with Crippen LogP contribution in [-0.4, -0.2) is 30.8 Å². The molecule has 0 aliphatic carbocycles. The van der Waals surface area contributed by atoms with Crippen molar-refractivity contribution >= 4 is 46.0 Å². The van der Waals surface area contributed by atoms with E-state index in [-0.39, 0.29) is 24.9 Å². The fraction of sp³-hybridized carbons (Fsp3) is 0.250. The molecule has 0 aliphatic rings. The zero-order valence-electron chi connectivity index (χ0n) is 10.3. The number of rotatable bonds is 5. The Labute approximate surface area is 124 Å². The maximum atomic E-state index is 11.5. The zero-order valence-corrected chi connectivity index (χ0v) is 12.5. The Morgan fingerprint density at radius 3 is 2.16 bits per heavy atom. The van der Waals surface area contributed by atoms with Gasteiger partial charge in [0.15, 0.2) is 0 Å². The second-order valence-electron chi connectivity index (χ2n) is 3.74. The van der Waals surface area contributed by atoms with Gasteiger partial charge in [0.25, 0.3) is 0 Å². The molecular weight excluding hydrogens is 361 g/mol. The molecule has 0 saturated heterocycles. The van der Waals surface area contributed by atoms with E-state index < -0.39 is 5.91 Å². The number of amides is 3. The van der Waals surface area contributed by atoms with Crippen LogP contribution in [0.25, 0.3) is 0 Å². The van der Waals surface area contributed by atoms with Crippen molar-refractivity contribution in [1.82, 2.24) is 10.6 Å². The maximum absolute atomic E-state index is 11.5. The number of halogens is 1. The van der Waals surface area contributed by atoms with Gasteiger partial charge < -0.3 is 16.0 Å². The molecule has 0 aromatic heterocycles. The molecule has 0 saturated carbocycles. The predicted octanol–water partition coefficient (Wildman–Crippen LogP) is 0.482. The Hall–Kier alpha value is -1.64. The number of carbonyl (C=O) groups excluding carboxylic acids is 3. The molecule has 1 rings (SSSR count). The van der Waals surface area contributed by atoms with Crippen molar-refractivity contribution in [1.29, 1.82) is 0 Å². The zero-order chi connectivity index (χ0) is 14.3. The third kappa shape index (κ3) is 6.75. The van der Waals surface area contributed by atoms with Crippen molar-refractivity contribution in [2.24, 2.45) is 0 Å². The van der Waals surface area contributed by atoms with Crippen molar-refractivity contribution in [3.05, 3.63) is 27.8 Å². The molecule has 3 amide bonds. The first kappa shape index (κ1) is 15.4. The Morgan fingerprint density at radius 2 is 1.58 bits per heavy atom. The summed E-state index contributed by atoms with van der Waals surface area (Å²) in [5.41, 5.74) is 0.668. The first-order valence-corrected chi connectivity index (χ1v) is 6.62. The Balaban J connectivity index is 2.29. The molecule has 102 valence electrons. The average molecular weight is 375 g/mol. The summed E-state index contributed by atoms with van der Waals surface area (Å²) in [6, 6.07) is 7.29. The largest absolute Gasteiger partial charge is 0.347 e. The molecule has 0 spiro atoms. The topological polar surface area (TPSA) is 87.3 Å². The third-order valence-corrected chi connectivity index (χ3v) is 2.79. The summed E-state index contributed by atoms with van der Waals surface area (Å²) in [6.07, 6.45) is 0. The lowest BCUT2D eigenvalue weighted by molar-refractivity contribution is -0.126. The van der Waals surface area contributed by atoms with Crippen molar-refractivity contribution in [3.63, 3.8) is 0 Å². The van der Waals surface area contributed by atoms with Crippen LogP contribution in [0.15, 0.2) is 24.3 Å². The summed E-state index contributed by atoms with van der Waals surface area (Å²) >= 11 is 2.17. The molecule has 1 aromatic carbocycles. The SMILES string of the molecule is CC(=O)NCC(=O)NCC(=O)Nc1ccc(I)cc1. The lowest BCUT2D eigenvalue weighted by Crippen LogP contribution is -2.39. The smallest absolute Gasteiger partial charge is 0.243 e. The van der Waals surface area contributed by atoms with Crippen LogP contribution >= 0.6 is 22.6 Å². The minimum Gasteiger partial charge on any atom is -0.347 e. The highest BCUT2D eigenvalue weighted by Gasteiger charge is 2.06. The first-order valence-electron chi connectivity index (χ1n) is 5.54. The predicted molar refractivity (Wildman–Crippen MR) is 79.5 cm³/mol. The van der Waals surface area contributed by atoms with Gasteiger partial charge in [-0.3, -0.25) is 14.4 Å². The quantitative estimate of drug-likeness (QED) is 0.655. The highest BCUT2D eigenvalue weighted by Crippen LogP contribution is 2.10. The van der Waals surface area contributed by atoms with E-state index in [9.17, 15) is 14.4 Å². The minimum atomic E-state index is -0.409. The van der Waals surface area contributed by atoms with E-state index in [0.717, 1.165) is 3.57 Å². The van der Waals surface area contributed by atoms with Gasteiger partial charge in [0.05, 0.1) is 13.1 Å². The molecule has 7 heteroatoms. The van der Waals surface area contributed by atoms with Crippen LogP contribution < -0.4 is 16.0 Å². The maximum Gasteiger partial charge on any atom is 0.243 e. The standard InChI is InChI=1S/C12H14IN3O3/c1-8(17)14-6-11(18)15-7-12(19)16-10-4-2-9(13)3-5-10/h2-5H,6-7H2,1H3,(H,14,17)(H,15,18)(H,16,19). The van der Waals surface area contributed by atoms with Gasteiger partial charge in [-0.2, -0.15) is 0 Å². The molecule has 6 nitrogen and oxygen atoms in total. The van der Waals surface area contributed by atoms with Gasteiger partial charge in [0, 0.05) is 16.2 Å². The third-order valence-electron chi connectivity index (χ3n) is 2.07. The van der Waals surface area contributed by atoms with E-state index in [1.54, 1.807) is 12.1 Å². The normalized spacial score (nSPS) is 9.58.